The molecule has 2 rings (SSSR count). The largest absolute Gasteiger partial charge is 0.399 e. The first-order chi connectivity index (χ1) is 8.65. The fourth-order valence-electron chi connectivity index (χ4n) is 2.14. The lowest BCUT2D eigenvalue weighted by Crippen LogP contribution is -2.35. The van der Waals surface area contributed by atoms with Crippen LogP contribution in [0.15, 0.2) is 24.3 Å². The van der Waals surface area contributed by atoms with Crippen molar-refractivity contribution in [2.45, 2.75) is 12.5 Å². The van der Waals surface area contributed by atoms with Crippen LogP contribution in [0.4, 0.5) is 5.69 Å². The SMILES string of the molecule is Nc1cccc(C(O)CN2CCCNC(=O)C2)c1. The Morgan fingerprint density at radius 1 is 1.50 bits per heavy atom. The molecule has 0 aromatic heterocycles. The molecule has 1 saturated heterocycles. The predicted molar refractivity (Wildman–Crippen MR) is 69.9 cm³/mol. The first-order valence-electron chi connectivity index (χ1n) is 6.18. The zero-order valence-corrected chi connectivity index (χ0v) is 10.3. The van der Waals surface area contributed by atoms with E-state index < -0.39 is 6.10 Å². The molecule has 0 saturated carbocycles. The number of hydrogen-bond donors (Lipinski definition) is 3. The second-order valence-corrected chi connectivity index (χ2v) is 4.62. The van der Waals surface area contributed by atoms with Gasteiger partial charge in [0.05, 0.1) is 12.6 Å². The number of nitrogen functional groups attached to an aromatic ring is 1. The lowest BCUT2D eigenvalue weighted by atomic mass is 10.1. The Kier molecular flexibility index (Phi) is 4.17. The Hall–Kier alpha value is -1.59. The average molecular weight is 249 g/mol. The van der Waals surface area contributed by atoms with Crippen LogP contribution in [0.2, 0.25) is 0 Å². The Morgan fingerprint density at radius 2 is 2.33 bits per heavy atom. The second-order valence-electron chi connectivity index (χ2n) is 4.62. The van der Waals surface area contributed by atoms with Crippen molar-refractivity contribution in [1.82, 2.24) is 10.2 Å². The minimum absolute atomic E-state index is 0.0206. The molecule has 4 N–H and O–H groups in total. The zero-order chi connectivity index (χ0) is 13.0. The predicted octanol–water partition coefficient (Wildman–Crippen LogP) is 0.124. The Labute approximate surface area is 107 Å². The van der Waals surface area contributed by atoms with E-state index in [1.807, 2.05) is 17.0 Å². The number of aliphatic hydroxyl groups excluding tert-OH is 1. The van der Waals surface area contributed by atoms with Gasteiger partial charge in [0.1, 0.15) is 0 Å². The summed E-state index contributed by atoms with van der Waals surface area (Å²) in [6, 6.07) is 7.22. The highest BCUT2D eigenvalue weighted by molar-refractivity contribution is 5.78. The normalized spacial score (nSPS) is 19.1. The van der Waals surface area contributed by atoms with Gasteiger partial charge in [-0.15, -0.1) is 0 Å². The van der Waals surface area contributed by atoms with E-state index >= 15 is 0 Å². The van der Waals surface area contributed by atoms with E-state index in [1.165, 1.54) is 0 Å². The monoisotopic (exact) mass is 249 g/mol. The highest BCUT2D eigenvalue weighted by Gasteiger charge is 2.18. The van der Waals surface area contributed by atoms with Crippen LogP contribution in [0.3, 0.4) is 0 Å². The maximum absolute atomic E-state index is 11.4. The smallest absolute Gasteiger partial charge is 0.234 e. The standard InChI is InChI=1S/C13H19N3O2/c14-11-4-1-3-10(7-11)12(17)8-16-6-2-5-15-13(18)9-16/h1,3-4,7,12,17H,2,5-6,8-9,14H2,(H,15,18). The third-order valence-corrected chi connectivity index (χ3v) is 3.07. The van der Waals surface area contributed by atoms with Crippen LogP contribution in [0.5, 0.6) is 0 Å². The molecular formula is C13H19N3O2. The Morgan fingerprint density at radius 3 is 3.11 bits per heavy atom. The van der Waals surface area contributed by atoms with Crippen molar-refractivity contribution >= 4 is 11.6 Å². The van der Waals surface area contributed by atoms with Gasteiger partial charge in [-0.2, -0.15) is 0 Å². The summed E-state index contributed by atoms with van der Waals surface area (Å²) < 4.78 is 0. The summed E-state index contributed by atoms with van der Waals surface area (Å²) in [5.41, 5.74) is 7.12. The Balaban J connectivity index is 1.97. The number of nitrogens with two attached hydrogens (primary N) is 1. The molecule has 1 aromatic carbocycles. The molecule has 0 radical (unpaired) electrons. The zero-order valence-electron chi connectivity index (χ0n) is 10.3. The van der Waals surface area contributed by atoms with Crippen molar-refractivity contribution in [2.75, 3.05) is 31.9 Å². The number of anilines is 1. The number of benzene rings is 1. The van der Waals surface area contributed by atoms with E-state index in [9.17, 15) is 9.90 Å². The molecule has 0 aliphatic carbocycles. The van der Waals surface area contributed by atoms with E-state index in [1.54, 1.807) is 12.1 Å². The average Bonchev–Trinajstić information content (AvgIpc) is 2.53. The first kappa shape index (κ1) is 12.9. The number of β-amino-alcohol motifs (C(OH)–C–C–N with tert-alkyl or cyclic N) is 1. The van der Waals surface area contributed by atoms with E-state index in [2.05, 4.69) is 5.32 Å². The molecular weight excluding hydrogens is 230 g/mol. The van der Waals surface area contributed by atoms with E-state index in [4.69, 9.17) is 5.73 Å². The number of aliphatic hydroxyl groups is 1. The van der Waals surface area contributed by atoms with Crippen LogP contribution in [0.25, 0.3) is 0 Å². The number of rotatable bonds is 3. The molecule has 98 valence electrons. The van der Waals surface area contributed by atoms with Gasteiger partial charge in [-0.1, -0.05) is 12.1 Å². The maximum Gasteiger partial charge on any atom is 0.234 e. The summed E-state index contributed by atoms with van der Waals surface area (Å²) in [6.45, 7) is 2.33. The number of nitrogens with one attached hydrogen (secondary N) is 1. The first-order valence-corrected chi connectivity index (χ1v) is 6.18. The van der Waals surface area contributed by atoms with Crippen molar-refractivity contribution < 1.29 is 9.90 Å². The van der Waals surface area contributed by atoms with E-state index in [0.29, 0.717) is 25.3 Å². The molecule has 1 aromatic rings. The third-order valence-electron chi connectivity index (χ3n) is 3.07. The van der Waals surface area contributed by atoms with Gasteiger partial charge in [-0.3, -0.25) is 9.69 Å². The van der Waals surface area contributed by atoms with Crippen LogP contribution < -0.4 is 11.1 Å². The minimum Gasteiger partial charge on any atom is -0.399 e. The lowest BCUT2D eigenvalue weighted by Gasteiger charge is -2.22. The fraction of sp³-hybridized carbons (Fsp3) is 0.462. The van der Waals surface area contributed by atoms with Gasteiger partial charge >= 0.3 is 0 Å². The topological polar surface area (TPSA) is 78.6 Å². The van der Waals surface area contributed by atoms with Crippen LogP contribution in [-0.2, 0) is 4.79 Å². The Bertz CT molecular complexity index is 422. The summed E-state index contributed by atoms with van der Waals surface area (Å²) in [7, 11) is 0. The van der Waals surface area contributed by atoms with Gasteiger partial charge in [0.2, 0.25) is 5.91 Å². The molecule has 1 fully saturated rings. The number of hydrogen-bond acceptors (Lipinski definition) is 4. The van der Waals surface area contributed by atoms with Crippen molar-refractivity contribution in [1.29, 1.82) is 0 Å². The minimum atomic E-state index is -0.612. The molecule has 1 unspecified atom stereocenters. The highest BCUT2D eigenvalue weighted by atomic mass is 16.3. The number of amides is 1. The number of nitrogens with zero attached hydrogens (tertiary/aromatic N) is 1. The molecule has 0 spiro atoms. The van der Waals surface area contributed by atoms with Crippen LogP contribution in [0.1, 0.15) is 18.1 Å². The van der Waals surface area contributed by atoms with Crippen molar-refractivity contribution in [3.8, 4) is 0 Å². The molecule has 1 aliphatic rings. The van der Waals surface area contributed by atoms with Crippen LogP contribution in [-0.4, -0.2) is 42.1 Å². The number of carbonyl (C=O) groups is 1. The van der Waals surface area contributed by atoms with Gasteiger partial charge in [0.15, 0.2) is 0 Å². The second kappa shape index (κ2) is 5.84. The summed E-state index contributed by atoms with van der Waals surface area (Å²) in [6.07, 6.45) is 0.300. The molecule has 18 heavy (non-hydrogen) atoms. The van der Waals surface area contributed by atoms with E-state index in [-0.39, 0.29) is 5.91 Å². The summed E-state index contributed by atoms with van der Waals surface area (Å²) in [5, 5.41) is 13.0. The molecule has 0 bridgehead atoms. The number of carbonyl (C=O) groups excluding carboxylic acids is 1. The maximum atomic E-state index is 11.4. The van der Waals surface area contributed by atoms with Gasteiger partial charge < -0.3 is 16.2 Å². The van der Waals surface area contributed by atoms with Crippen molar-refractivity contribution in [2.24, 2.45) is 0 Å². The van der Waals surface area contributed by atoms with Crippen molar-refractivity contribution in [3.63, 3.8) is 0 Å². The third kappa shape index (κ3) is 3.45. The molecule has 5 heteroatoms. The van der Waals surface area contributed by atoms with Gasteiger partial charge in [-0.25, -0.2) is 0 Å². The lowest BCUT2D eigenvalue weighted by molar-refractivity contribution is -0.121. The molecule has 1 aliphatic heterocycles. The quantitative estimate of drug-likeness (QED) is 0.665. The summed E-state index contributed by atoms with van der Waals surface area (Å²) in [4.78, 5) is 13.4. The molecule has 1 amide bonds. The van der Waals surface area contributed by atoms with Crippen LogP contribution >= 0.6 is 0 Å². The van der Waals surface area contributed by atoms with Gasteiger partial charge in [0.25, 0.3) is 0 Å². The molecule has 5 nitrogen and oxygen atoms in total. The summed E-state index contributed by atoms with van der Waals surface area (Å²) in [5.74, 6) is 0.0206. The molecule has 1 heterocycles. The highest BCUT2D eigenvalue weighted by Crippen LogP contribution is 2.17. The molecule has 1 atom stereocenters. The van der Waals surface area contributed by atoms with Crippen molar-refractivity contribution in [3.05, 3.63) is 29.8 Å². The van der Waals surface area contributed by atoms with Gasteiger partial charge in [-0.05, 0) is 24.1 Å². The van der Waals surface area contributed by atoms with Gasteiger partial charge in [0, 0.05) is 25.3 Å². The van der Waals surface area contributed by atoms with Crippen LogP contribution in [0, 0.1) is 0 Å². The van der Waals surface area contributed by atoms with E-state index in [0.717, 1.165) is 18.5 Å². The summed E-state index contributed by atoms with van der Waals surface area (Å²) >= 11 is 0. The fourth-order valence-corrected chi connectivity index (χ4v) is 2.14.